The average molecular weight is 324 g/mol. The summed E-state index contributed by atoms with van der Waals surface area (Å²) in [4.78, 5) is 13.9. The lowest BCUT2D eigenvalue weighted by atomic mass is 9.89. The van der Waals surface area contributed by atoms with E-state index in [1.165, 1.54) is 0 Å². The first kappa shape index (κ1) is 15.7. The number of halogens is 1. The molecule has 4 atom stereocenters. The molecule has 1 aromatic rings. The van der Waals surface area contributed by atoms with Crippen LogP contribution in [-0.2, 0) is 4.79 Å². The number of nitrogens with one attached hydrogen (secondary N) is 2. The lowest BCUT2D eigenvalue weighted by Gasteiger charge is -2.35. The molecule has 2 heterocycles. The molecule has 0 saturated carbocycles. The maximum atomic E-state index is 11.6. The Hall–Kier alpha value is -1.14. The van der Waals surface area contributed by atoms with Gasteiger partial charge in [0.2, 0.25) is 0 Å². The molecule has 2 saturated heterocycles. The highest BCUT2D eigenvalue weighted by molar-refractivity contribution is 6.30. The molecule has 3 unspecified atom stereocenters. The predicted octanol–water partition coefficient (Wildman–Crippen LogP) is 1.35. The Morgan fingerprint density at radius 1 is 1.23 bits per heavy atom. The molecular weight excluding hydrogens is 302 g/mol. The van der Waals surface area contributed by atoms with Gasteiger partial charge in [0.05, 0.1) is 12.1 Å². The maximum absolute atomic E-state index is 11.6. The maximum Gasteiger partial charge on any atom is 0.308 e. The molecule has 2 aliphatic heterocycles. The van der Waals surface area contributed by atoms with Crippen molar-refractivity contribution in [1.29, 1.82) is 0 Å². The number of nitrogens with zero attached hydrogens (tertiary/aromatic N) is 1. The number of benzene rings is 1. The number of aliphatic carboxylic acids is 1. The van der Waals surface area contributed by atoms with Crippen molar-refractivity contribution in [2.24, 2.45) is 5.92 Å². The summed E-state index contributed by atoms with van der Waals surface area (Å²) < 4.78 is 0. The predicted molar refractivity (Wildman–Crippen MR) is 86.1 cm³/mol. The van der Waals surface area contributed by atoms with Crippen molar-refractivity contribution in [3.05, 3.63) is 34.9 Å². The van der Waals surface area contributed by atoms with Crippen molar-refractivity contribution < 1.29 is 9.90 Å². The zero-order valence-electron chi connectivity index (χ0n) is 12.6. The third-order valence-corrected chi connectivity index (χ3v) is 4.98. The van der Waals surface area contributed by atoms with E-state index in [-0.39, 0.29) is 18.0 Å². The molecule has 3 rings (SSSR count). The van der Waals surface area contributed by atoms with Crippen LogP contribution in [0.15, 0.2) is 24.3 Å². The monoisotopic (exact) mass is 323 g/mol. The van der Waals surface area contributed by atoms with Crippen LogP contribution in [0.3, 0.4) is 0 Å². The normalized spacial score (nSPS) is 33.0. The van der Waals surface area contributed by atoms with Gasteiger partial charge in [0.1, 0.15) is 0 Å². The molecule has 6 heteroatoms. The van der Waals surface area contributed by atoms with Gasteiger partial charge < -0.3 is 10.4 Å². The van der Waals surface area contributed by atoms with Gasteiger partial charge in [-0.15, -0.1) is 0 Å². The number of hydrogen-bond donors (Lipinski definition) is 3. The largest absolute Gasteiger partial charge is 0.481 e. The number of hydrogen-bond acceptors (Lipinski definition) is 4. The molecular formula is C16H22ClN3O2. The number of carbonyl (C=O) groups is 1. The number of likely N-dealkylation sites (tertiary alicyclic amines) is 1. The minimum absolute atomic E-state index is 0.0101. The van der Waals surface area contributed by atoms with Crippen LogP contribution in [0, 0.1) is 5.92 Å². The lowest BCUT2D eigenvalue weighted by Crippen LogP contribution is -2.59. The Balaban J connectivity index is 1.75. The highest BCUT2D eigenvalue weighted by atomic mass is 35.5. The van der Waals surface area contributed by atoms with Crippen LogP contribution in [0.4, 0.5) is 0 Å². The van der Waals surface area contributed by atoms with Crippen molar-refractivity contribution in [2.45, 2.75) is 25.0 Å². The lowest BCUT2D eigenvalue weighted by molar-refractivity contribution is -0.141. The molecule has 0 bridgehead atoms. The van der Waals surface area contributed by atoms with Gasteiger partial charge in [-0.25, -0.2) is 0 Å². The molecule has 0 spiro atoms. The van der Waals surface area contributed by atoms with Crippen LogP contribution in [0.2, 0.25) is 5.02 Å². The zero-order valence-corrected chi connectivity index (χ0v) is 13.4. The second kappa shape index (κ2) is 6.54. The summed E-state index contributed by atoms with van der Waals surface area (Å²) in [6.45, 7) is 5.23. The first-order chi connectivity index (χ1) is 10.5. The second-order valence-electron chi connectivity index (χ2n) is 6.29. The summed E-state index contributed by atoms with van der Waals surface area (Å²) in [6.07, 6.45) is 0.204. The molecule has 1 aromatic carbocycles. The highest BCUT2D eigenvalue weighted by Crippen LogP contribution is 2.34. The van der Waals surface area contributed by atoms with Crippen molar-refractivity contribution in [3.8, 4) is 0 Å². The van der Waals surface area contributed by atoms with E-state index in [1.807, 2.05) is 24.3 Å². The van der Waals surface area contributed by atoms with Crippen LogP contribution in [0.25, 0.3) is 0 Å². The first-order valence-electron chi connectivity index (χ1n) is 7.73. The number of carboxylic acid groups (broad SMARTS) is 1. The Morgan fingerprint density at radius 3 is 2.55 bits per heavy atom. The summed E-state index contributed by atoms with van der Waals surface area (Å²) in [7, 11) is 0. The Labute approximate surface area is 135 Å². The van der Waals surface area contributed by atoms with E-state index in [4.69, 9.17) is 11.6 Å². The van der Waals surface area contributed by atoms with Crippen molar-refractivity contribution in [2.75, 3.05) is 26.2 Å². The fourth-order valence-electron chi connectivity index (χ4n) is 3.41. The molecule has 0 amide bonds. The van der Waals surface area contributed by atoms with Crippen molar-refractivity contribution in [3.63, 3.8) is 0 Å². The highest BCUT2D eigenvalue weighted by Gasteiger charge is 2.41. The van der Waals surface area contributed by atoms with E-state index in [9.17, 15) is 9.90 Å². The van der Waals surface area contributed by atoms with E-state index < -0.39 is 5.97 Å². The molecule has 2 fully saturated rings. The quantitative estimate of drug-likeness (QED) is 0.783. The van der Waals surface area contributed by atoms with Gasteiger partial charge in [-0.2, -0.15) is 0 Å². The fourth-order valence-corrected chi connectivity index (χ4v) is 3.54. The van der Waals surface area contributed by atoms with Crippen LogP contribution >= 0.6 is 11.6 Å². The molecule has 22 heavy (non-hydrogen) atoms. The zero-order chi connectivity index (χ0) is 15.7. The summed E-state index contributed by atoms with van der Waals surface area (Å²) in [5.41, 5.74) is 1.05. The third-order valence-electron chi connectivity index (χ3n) is 4.72. The molecule has 120 valence electrons. The Bertz CT molecular complexity index is 529. The van der Waals surface area contributed by atoms with E-state index in [0.29, 0.717) is 17.6 Å². The molecule has 3 N–H and O–H groups in total. The Morgan fingerprint density at radius 2 is 1.95 bits per heavy atom. The summed E-state index contributed by atoms with van der Waals surface area (Å²) in [5.74, 6) is -1.09. The summed E-state index contributed by atoms with van der Waals surface area (Å²) >= 11 is 5.94. The van der Waals surface area contributed by atoms with Gasteiger partial charge in [0, 0.05) is 43.2 Å². The van der Waals surface area contributed by atoms with Gasteiger partial charge in [0.15, 0.2) is 0 Å². The standard InChI is InChI=1S/C16H22ClN3O2/c1-10-6-19-15(7-18-10)20-8-13(14(9-20)16(21)22)11-2-4-12(17)5-3-11/h2-5,10,13-15,18-19H,6-9H2,1H3,(H,21,22)/t10?,13?,14-,15?/m0/s1. The van der Waals surface area contributed by atoms with E-state index in [2.05, 4.69) is 22.5 Å². The first-order valence-corrected chi connectivity index (χ1v) is 8.11. The number of carboxylic acids is 1. The smallest absolute Gasteiger partial charge is 0.308 e. The van der Waals surface area contributed by atoms with Crippen LogP contribution < -0.4 is 10.6 Å². The Kier molecular flexibility index (Phi) is 4.68. The summed E-state index contributed by atoms with van der Waals surface area (Å²) in [6, 6.07) is 8.02. The minimum Gasteiger partial charge on any atom is -0.481 e. The number of piperazine rings is 1. The fraction of sp³-hybridized carbons (Fsp3) is 0.562. The SMILES string of the molecule is CC1CNC(N2CC(c3ccc(Cl)cc3)[C@@H](C(=O)O)C2)CN1. The average Bonchev–Trinajstić information content (AvgIpc) is 2.94. The van der Waals surface area contributed by atoms with Gasteiger partial charge >= 0.3 is 5.97 Å². The van der Waals surface area contributed by atoms with Crippen molar-refractivity contribution in [1.82, 2.24) is 15.5 Å². The van der Waals surface area contributed by atoms with Crippen molar-refractivity contribution >= 4 is 17.6 Å². The molecule has 0 radical (unpaired) electrons. The van der Waals surface area contributed by atoms with E-state index in [0.717, 1.165) is 25.2 Å². The number of rotatable bonds is 3. The van der Waals surface area contributed by atoms with E-state index in [1.54, 1.807) is 0 Å². The molecule has 0 aliphatic carbocycles. The van der Waals surface area contributed by atoms with E-state index >= 15 is 0 Å². The molecule has 2 aliphatic rings. The van der Waals surface area contributed by atoms with Crippen LogP contribution in [0.1, 0.15) is 18.4 Å². The topological polar surface area (TPSA) is 64.6 Å². The van der Waals surface area contributed by atoms with Crippen LogP contribution in [-0.4, -0.2) is 54.4 Å². The third kappa shape index (κ3) is 3.27. The summed E-state index contributed by atoms with van der Waals surface area (Å²) in [5, 5.41) is 17.2. The van der Waals surface area contributed by atoms with Gasteiger partial charge in [0.25, 0.3) is 0 Å². The van der Waals surface area contributed by atoms with Gasteiger partial charge in [-0.1, -0.05) is 23.7 Å². The van der Waals surface area contributed by atoms with Gasteiger partial charge in [-0.05, 0) is 24.6 Å². The minimum atomic E-state index is -0.723. The van der Waals surface area contributed by atoms with Gasteiger partial charge in [-0.3, -0.25) is 15.0 Å². The molecule has 0 aromatic heterocycles. The van der Waals surface area contributed by atoms with Crippen LogP contribution in [0.5, 0.6) is 0 Å². The second-order valence-corrected chi connectivity index (χ2v) is 6.73. The molecule has 5 nitrogen and oxygen atoms in total.